The molecule has 0 bridgehead atoms. The number of rotatable bonds is 4. The van der Waals surface area contributed by atoms with Gasteiger partial charge in [-0.05, 0) is 19.4 Å². The fraction of sp³-hybridized carbons (Fsp3) is 0.273. The molecule has 0 unspecified atom stereocenters. The molecule has 94 valence electrons. The van der Waals surface area contributed by atoms with Crippen LogP contribution in [0.2, 0.25) is 0 Å². The van der Waals surface area contributed by atoms with Crippen molar-refractivity contribution in [3.8, 4) is 5.82 Å². The van der Waals surface area contributed by atoms with E-state index in [9.17, 15) is 10.1 Å². The number of hydrogen-bond donors (Lipinski definition) is 1. The van der Waals surface area contributed by atoms with E-state index in [2.05, 4.69) is 15.4 Å². The molecule has 0 aliphatic rings. The minimum atomic E-state index is -0.442. The predicted octanol–water partition coefficient (Wildman–Crippen LogP) is 1.92. The highest BCUT2D eigenvalue weighted by Gasteiger charge is 2.12. The first-order chi connectivity index (χ1) is 8.60. The lowest BCUT2D eigenvalue weighted by atomic mass is 10.3. The molecule has 2 aromatic heterocycles. The van der Waals surface area contributed by atoms with Gasteiger partial charge in [-0.25, -0.2) is 9.67 Å². The van der Waals surface area contributed by atoms with E-state index in [1.54, 1.807) is 12.4 Å². The summed E-state index contributed by atoms with van der Waals surface area (Å²) in [7, 11) is 0. The average Bonchev–Trinajstić information content (AvgIpc) is 2.76. The van der Waals surface area contributed by atoms with Gasteiger partial charge in [0.05, 0.1) is 23.3 Å². The molecular weight excluding hydrogens is 234 g/mol. The lowest BCUT2D eigenvalue weighted by Crippen LogP contribution is -2.05. The second-order valence-corrected chi connectivity index (χ2v) is 3.82. The molecule has 0 aliphatic heterocycles. The Balaban J connectivity index is 2.49. The molecule has 0 saturated carbocycles. The van der Waals surface area contributed by atoms with Crippen molar-refractivity contribution in [1.82, 2.24) is 14.8 Å². The van der Waals surface area contributed by atoms with Gasteiger partial charge in [-0.1, -0.05) is 0 Å². The maximum absolute atomic E-state index is 10.9. The fourth-order valence-corrected chi connectivity index (χ4v) is 1.53. The Hall–Kier alpha value is -2.44. The lowest BCUT2D eigenvalue weighted by molar-refractivity contribution is -0.384. The standard InChI is InChI=1S/C11H13N5O2/c1-3-12-10-4-9(16(17)18)5-11(14-10)15-7-8(2)6-13-15/h4-7H,3H2,1-2H3,(H,12,14). The van der Waals surface area contributed by atoms with Gasteiger partial charge in [-0.3, -0.25) is 10.1 Å². The highest BCUT2D eigenvalue weighted by Crippen LogP contribution is 2.19. The molecule has 0 atom stereocenters. The van der Waals surface area contributed by atoms with Gasteiger partial charge in [0.2, 0.25) is 0 Å². The monoisotopic (exact) mass is 247 g/mol. The molecule has 0 aromatic carbocycles. The van der Waals surface area contributed by atoms with Crippen molar-refractivity contribution in [3.05, 3.63) is 40.2 Å². The van der Waals surface area contributed by atoms with E-state index < -0.39 is 4.92 Å². The summed E-state index contributed by atoms with van der Waals surface area (Å²) < 4.78 is 1.52. The quantitative estimate of drug-likeness (QED) is 0.658. The number of anilines is 1. The number of pyridine rings is 1. The zero-order chi connectivity index (χ0) is 13.1. The van der Waals surface area contributed by atoms with Crippen LogP contribution in [0.1, 0.15) is 12.5 Å². The van der Waals surface area contributed by atoms with E-state index in [0.29, 0.717) is 18.2 Å². The van der Waals surface area contributed by atoms with E-state index >= 15 is 0 Å². The largest absolute Gasteiger partial charge is 0.370 e. The van der Waals surface area contributed by atoms with Crippen LogP contribution in [0.25, 0.3) is 5.82 Å². The summed E-state index contributed by atoms with van der Waals surface area (Å²) in [6, 6.07) is 2.80. The molecule has 0 fully saturated rings. The molecule has 18 heavy (non-hydrogen) atoms. The molecule has 7 nitrogen and oxygen atoms in total. The third-order valence-electron chi connectivity index (χ3n) is 2.31. The Morgan fingerprint density at radius 3 is 2.83 bits per heavy atom. The first-order valence-electron chi connectivity index (χ1n) is 5.52. The van der Waals surface area contributed by atoms with Crippen LogP contribution in [0.5, 0.6) is 0 Å². The number of aryl methyl sites for hydroxylation is 1. The summed E-state index contributed by atoms with van der Waals surface area (Å²) in [4.78, 5) is 14.7. The van der Waals surface area contributed by atoms with Gasteiger partial charge in [0.25, 0.3) is 5.69 Å². The van der Waals surface area contributed by atoms with E-state index in [4.69, 9.17) is 0 Å². The SMILES string of the molecule is CCNc1cc([N+](=O)[O-])cc(-n2cc(C)cn2)n1. The Morgan fingerprint density at radius 2 is 2.28 bits per heavy atom. The molecule has 7 heteroatoms. The van der Waals surface area contributed by atoms with Gasteiger partial charge in [-0.15, -0.1) is 0 Å². The van der Waals surface area contributed by atoms with Gasteiger partial charge >= 0.3 is 0 Å². The summed E-state index contributed by atoms with van der Waals surface area (Å²) >= 11 is 0. The van der Waals surface area contributed by atoms with Gasteiger partial charge in [0.15, 0.2) is 5.82 Å². The highest BCUT2D eigenvalue weighted by atomic mass is 16.6. The Labute approximate surface area is 104 Å². The molecule has 2 rings (SSSR count). The maximum atomic E-state index is 10.9. The molecule has 1 N–H and O–H groups in total. The molecule has 2 aromatic rings. The maximum Gasteiger partial charge on any atom is 0.276 e. The van der Waals surface area contributed by atoms with Crippen molar-refractivity contribution in [2.45, 2.75) is 13.8 Å². The van der Waals surface area contributed by atoms with Crippen molar-refractivity contribution in [2.24, 2.45) is 0 Å². The topological polar surface area (TPSA) is 85.9 Å². The normalized spacial score (nSPS) is 10.3. The minimum Gasteiger partial charge on any atom is -0.370 e. The van der Waals surface area contributed by atoms with Crippen molar-refractivity contribution >= 4 is 11.5 Å². The van der Waals surface area contributed by atoms with Crippen molar-refractivity contribution in [2.75, 3.05) is 11.9 Å². The first-order valence-corrected chi connectivity index (χ1v) is 5.52. The fourth-order valence-electron chi connectivity index (χ4n) is 1.53. The predicted molar refractivity (Wildman–Crippen MR) is 66.9 cm³/mol. The molecular formula is C11H13N5O2. The van der Waals surface area contributed by atoms with Crippen molar-refractivity contribution in [1.29, 1.82) is 0 Å². The Bertz CT molecular complexity index is 579. The van der Waals surface area contributed by atoms with E-state index in [1.807, 2.05) is 13.8 Å². The molecule has 0 radical (unpaired) electrons. The minimum absolute atomic E-state index is 0.0101. The summed E-state index contributed by atoms with van der Waals surface area (Å²) in [5.41, 5.74) is 0.956. The Kier molecular flexibility index (Phi) is 3.22. The first kappa shape index (κ1) is 12.0. The van der Waals surface area contributed by atoms with Crippen molar-refractivity contribution in [3.63, 3.8) is 0 Å². The van der Waals surface area contributed by atoms with Crippen LogP contribution in [0, 0.1) is 17.0 Å². The van der Waals surface area contributed by atoms with Crippen LogP contribution in [-0.4, -0.2) is 26.2 Å². The lowest BCUT2D eigenvalue weighted by Gasteiger charge is -2.05. The zero-order valence-corrected chi connectivity index (χ0v) is 10.1. The van der Waals surface area contributed by atoms with Crippen LogP contribution in [0.15, 0.2) is 24.5 Å². The van der Waals surface area contributed by atoms with Gasteiger partial charge in [-0.2, -0.15) is 5.10 Å². The number of aromatic nitrogens is 3. The second-order valence-electron chi connectivity index (χ2n) is 3.82. The third-order valence-corrected chi connectivity index (χ3v) is 2.31. The summed E-state index contributed by atoms with van der Waals surface area (Å²) in [6.45, 7) is 4.44. The highest BCUT2D eigenvalue weighted by molar-refractivity contribution is 5.50. The van der Waals surface area contributed by atoms with E-state index in [0.717, 1.165) is 5.56 Å². The van der Waals surface area contributed by atoms with Crippen LogP contribution in [0.4, 0.5) is 11.5 Å². The van der Waals surface area contributed by atoms with Gasteiger partial charge < -0.3 is 5.32 Å². The zero-order valence-electron chi connectivity index (χ0n) is 10.1. The average molecular weight is 247 g/mol. The van der Waals surface area contributed by atoms with E-state index in [-0.39, 0.29) is 5.69 Å². The third kappa shape index (κ3) is 2.45. The Morgan fingerprint density at radius 1 is 1.50 bits per heavy atom. The van der Waals surface area contributed by atoms with Crippen LogP contribution in [-0.2, 0) is 0 Å². The van der Waals surface area contributed by atoms with Crippen molar-refractivity contribution < 1.29 is 4.92 Å². The van der Waals surface area contributed by atoms with E-state index in [1.165, 1.54) is 16.8 Å². The molecule has 2 heterocycles. The van der Waals surface area contributed by atoms with Crippen LogP contribution >= 0.6 is 0 Å². The van der Waals surface area contributed by atoms with Crippen LogP contribution < -0.4 is 5.32 Å². The molecule has 0 spiro atoms. The molecule has 0 saturated heterocycles. The molecule has 0 aliphatic carbocycles. The summed E-state index contributed by atoms with van der Waals surface area (Å²) in [5, 5.41) is 17.9. The summed E-state index contributed by atoms with van der Waals surface area (Å²) in [6.07, 6.45) is 3.44. The number of nitrogens with one attached hydrogen (secondary N) is 1. The van der Waals surface area contributed by atoms with Gasteiger partial charge in [0.1, 0.15) is 5.82 Å². The summed E-state index contributed by atoms with van der Waals surface area (Å²) in [5.74, 6) is 0.892. The number of hydrogen-bond acceptors (Lipinski definition) is 5. The van der Waals surface area contributed by atoms with Crippen LogP contribution in [0.3, 0.4) is 0 Å². The number of nitro groups is 1. The second kappa shape index (κ2) is 4.82. The molecule has 0 amide bonds. The smallest absolute Gasteiger partial charge is 0.276 e. The number of nitrogens with zero attached hydrogens (tertiary/aromatic N) is 4. The van der Waals surface area contributed by atoms with Gasteiger partial charge in [0, 0.05) is 12.7 Å².